The quantitative estimate of drug-likeness (QED) is 0.114. The second-order valence-electron chi connectivity index (χ2n) is 22.2. The summed E-state index contributed by atoms with van der Waals surface area (Å²) in [5, 5.41) is 23.7. The molecule has 392 valence electrons. The lowest BCUT2D eigenvalue weighted by molar-refractivity contribution is -0.144. The van der Waals surface area contributed by atoms with E-state index in [0.29, 0.717) is 0 Å². The number of likely N-dealkylation sites (N-methyl/N-ethyl adjacent to an activating group) is 2. The molecule has 0 spiro atoms. The predicted octanol–water partition coefficient (Wildman–Crippen LogP) is 2.38. The van der Waals surface area contributed by atoms with Crippen LogP contribution in [0.2, 0.25) is 0 Å². The summed E-state index contributed by atoms with van der Waals surface area (Å²) in [5.41, 5.74) is 2.88. The number of nitrogens with one attached hydrogen (secondary N) is 8. The van der Waals surface area contributed by atoms with Gasteiger partial charge in [0.05, 0.1) is 24.2 Å². The molecule has 0 aromatic heterocycles. The van der Waals surface area contributed by atoms with E-state index in [-0.39, 0.29) is 61.6 Å². The van der Waals surface area contributed by atoms with Crippen LogP contribution in [0, 0.1) is 10.8 Å². The summed E-state index contributed by atoms with van der Waals surface area (Å²) >= 11 is 0. The maximum absolute atomic E-state index is 14.6. The number of hydrogen-bond acceptors (Lipinski definition) is 10. The standard InChI is InChI=1S/C54H78N10O8/c1-31(55-9)47(67)61-45(53(3,4)5)51(71)63-29-35(27-41(63)49(69)59-39-23-15-19-33-17-11-13-21-37(33)39)57-43(65)25-26-44(66)58-36-28-42(50(70)60-40-24-16-20-34-18-12-14-22-38(34)40)64(30-36)52(72)46(54(6,7)8)62-48(68)32(2)56-10/h11-14,17-18,21-22,25-26,31-32,35-36,39-42,45-46,55-56H,15-16,19-20,23-24,27-30H2,1-10H3,(H,57,65)(H,58,66)(H,59,69)(H,60,70)(H,61,67)(H,62,68)/b26-25-/t31-,32-,35-,36-,39+,40+,41-,42-,45+,46+/m0/s1. The second-order valence-corrected chi connectivity index (χ2v) is 22.2. The van der Waals surface area contributed by atoms with Crippen LogP contribution in [0.25, 0.3) is 0 Å². The van der Waals surface area contributed by atoms with Gasteiger partial charge in [0, 0.05) is 37.3 Å². The van der Waals surface area contributed by atoms with E-state index in [2.05, 4.69) is 54.7 Å². The van der Waals surface area contributed by atoms with Gasteiger partial charge in [-0.25, -0.2) is 0 Å². The minimum absolute atomic E-state index is 0.0281. The van der Waals surface area contributed by atoms with Crippen LogP contribution < -0.4 is 42.5 Å². The molecule has 10 atom stereocenters. The summed E-state index contributed by atoms with van der Waals surface area (Å²) in [4.78, 5) is 114. The van der Waals surface area contributed by atoms with Crippen molar-refractivity contribution in [1.29, 1.82) is 0 Å². The molecule has 6 rings (SSSR count). The summed E-state index contributed by atoms with van der Waals surface area (Å²) in [6, 6.07) is 8.91. The first-order valence-electron chi connectivity index (χ1n) is 25.6. The molecule has 0 unspecified atom stereocenters. The Kier molecular flexibility index (Phi) is 18.1. The lowest BCUT2D eigenvalue weighted by Gasteiger charge is -2.36. The second kappa shape index (κ2) is 23.6. The van der Waals surface area contributed by atoms with Gasteiger partial charge in [0.25, 0.3) is 0 Å². The van der Waals surface area contributed by atoms with Crippen molar-refractivity contribution in [2.75, 3.05) is 27.2 Å². The highest BCUT2D eigenvalue weighted by Crippen LogP contribution is 2.33. The summed E-state index contributed by atoms with van der Waals surface area (Å²) in [7, 11) is 3.29. The van der Waals surface area contributed by atoms with E-state index in [1.807, 2.05) is 77.9 Å². The van der Waals surface area contributed by atoms with Crippen LogP contribution in [0.4, 0.5) is 0 Å². The zero-order valence-corrected chi connectivity index (χ0v) is 43.8. The van der Waals surface area contributed by atoms with Crippen molar-refractivity contribution in [3.63, 3.8) is 0 Å². The Bertz CT molecular complexity index is 2210. The molecule has 2 aliphatic heterocycles. The molecule has 0 saturated carbocycles. The first kappa shape index (κ1) is 55.2. The van der Waals surface area contributed by atoms with Gasteiger partial charge >= 0.3 is 0 Å². The van der Waals surface area contributed by atoms with Gasteiger partial charge in [-0.1, -0.05) is 90.1 Å². The van der Waals surface area contributed by atoms with Crippen molar-refractivity contribution in [3.05, 3.63) is 82.9 Å². The maximum Gasteiger partial charge on any atom is 0.246 e. The van der Waals surface area contributed by atoms with Crippen molar-refractivity contribution in [2.24, 2.45) is 10.8 Å². The lowest BCUT2D eigenvalue weighted by Crippen LogP contribution is -2.59. The third-order valence-electron chi connectivity index (χ3n) is 14.7. The SMILES string of the molecule is CN[C@@H](C)C(=O)N[C@H](C(=O)N1C[C@@H](NC(=O)/C=C\C(=O)N[C@H]2C[C@@H](C(=O)N[C@@H]3CCCc4ccccc43)N(C(=O)[C@@H](NC(=O)[C@H](C)NC)C(C)(C)C)C2)C[C@H]1C(=O)N[C@@H]1CCCc2ccccc21)C(C)(C)C. The Hall–Kier alpha value is -6.14. The lowest BCUT2D eigenvalue weighted by atomic mass is 9.85. The Balaban J connectivity index is 1.17. The Morgan fingerprint density at radius 1 is 0.556 bits per heavy atom. The van der Waals surface area contributed by atoms with Gasteiger partial charge in [-0.3, -0.25) is 38.4 Å². The van der Waals surface area contributed by atoms with E-state index in [1.165, 1.54) is 9.80 Å². The zero-order chi connectivity index (χ0) is 52.7. The molecule has 4 aliphatic rings. The van der Waals surface area contributed by atoms with Gasteiger partial charge in [0.2, 0.25) is 47.3 Å². The average molecular weight is 995 g/mol. The highest BCUT2D eigenvalue weighted by atomic mass is 16.2. The normalized spacial score (nSPS) is 23.6. The highest BCUT2D eigenvalue weighted by molar-refractivity contribution is 5.98. The van der Waals surface area contributed by atoms with Crippen LogP contribution in [0.15, 0.2) is 60.7 Å². The Labute approximate surface area is 424 Å². The predicted molar refractivity (Wildman–Crippen MR) is 274 cm³/mol. The molecular weight excluding hydrogens is 917 g/mol. The van der Waals surface area contributed by atoms with Crippen molar-refractivity contribution in [2.45, 2.75) is 167 Å². The van der Waals surface area contributed by atoms with E-state index >= 15 is 0 Å². The highest BCUT2D eigenvalue weighted by Gasteiger charge is 2.48. The van der Waals surface area contributed by atoms with E-state index in [1.54, 1.807) is 27.9 Å². The average Bonchev–Trinajstić information content (AvgIpc) is 3.97. The minimum atomic E-state index is -0.999. The van der Waals surface area contributed by atoms with Crippen molar-refractivity contribution in [3.8, 4) is 0 Å². The minimum Gasteiger partial charge on any atom is -0.348 e. The van der Waals surface area contributed by atoms with Crippen LogP contribution >= 0.6 is 0 Å². The van der Waals surface area contributed by atoms with Gasteiger partial charge < -0.3 is 52.3 Å². The molecule has 8 amide bonds. The van der Waals surface area contributed by atoms with Crippen LogP contribution in [0.3, 0.4) is 0 Å². The van der Waals surface area contributed by atoms with Crippen molar-refractivity contribution >= 4 is 47.3 Å². The molecule has 72 heavy (non-hydrogen) atoms. The van der Waals surface area contributed by atoms with E-state index in [9.17, 15) is 38.4 Å². The van der Waals surface area contributed by atoms with E-state index < -0.39 is 82.8 Å². The van der Waals surface area contributed by atoms with E-state index in [4.69, 9.17) is 0 Å². The fourth-order valence-electron chi connectivity index (χ4n) is 10.3. The monoisotopic (exact) mass is 995 g/mol. The van der Waals surface area contributed by atoms with Gasteiger partial charge in [-0.15, -0.1) is 0 Å². The molecule has 2 aliphatic carbocycles. The van der Waals surface area contributed by atoms with Crippen molar-refractivity contribution in [1.82, 2.24) is 52.3 Å². The van der Waals surface area contributed by atoms with Gasteiger partial charge in [-0.2, -0.15) is 0 Å². The number of likely N-dealkylation sites (tertiary alicyclic amines) is 2. The van der Waals surface area contributed by atoms with Gasteiger partial charge in [0.15, 0.2) is 0 Å². The zero-order valence-electron chi connectivity index (χ0n) is 43.8. The largest absolute Gasteiger partial charge is 0.348 e. The van der Waals surface area contributed by atoms with Crippen LogP contribution in [0.1, 0.15) is 128 Å². The third kappa shape index (κ3) is 13.5. The third-order valence-corrected chi connectivity index (χ3v) is 14.7. The molecule has 2 saturated heterocycles. The Morgan fingerprint density at radius 2 is 0.917 bits per heavy atom. The van der Waals surface area contributed by atoms with Crippen molar-refractivity contribution < 1.29 is 38.4 Å². The molecule has 0 radical (unpaired) electrons. The molecule has 18 nitrogen and oxygen atoms in total. The number of benzene rings is 2. The summed E-state index contributed by atoms with van der Waals surface area (Å²) in [6.07, 6.45) is 7.32. The molecule has 2 heterocycles. The Morgan fingerprint density at radius 3 is 1.26 bits per heavy atom. The number of fused-ring (bicyclic) bond motifs is 2. The number of hydrogen-bond donors (Lipinski definition) is 8. The molecule has 2 aromatic carbocycles. The van der Waals surface area contributed by atoms with Crippen LogP contribution in [-0.2, 0) is 51.2 Å². The molecular formula is C54H78N10O8. The number of amides is 8. The number of carbonyl (C=O) groups excluding carboxylic acids is 8. The first-order valence-corrected chi connectivity index (χ1v) is 25.6. The van der Waals surface area contributed by atoms with Crippen LogP contribution in [-0.4, -0.2) is 133 Å². The molecule has 2 aromatic rings. The van der Waals surface area contributed by atoms with Gasteiger partial charge in [0.1, 0.15) is 24.2 Å². The van der Waals surface area contributed by atoms with E-state index in [0.717, 1.165) is 72.9 Å². The number of nitrogens with zero attached hydrogens (tertiary/aromatic N) is 2. The topological polar surface area (TPSA) is 239 Å². The first-order chi connectivity index (χ1) is 34.0. The molecule has 18 heteroatoms. The number of rotatable bonds is 16. The molecule has 2 fully saturated rings. The summed E-state index contributed by atoms with van der Waals surface area (Å²) < 4.78 is 0. The maximum atomic E-state index is 14.6. The van der Waals surface area contributed by atoms with Gasteiger partial charge in [-0.05, 0) is 112 Å². The molecule has 0 bridgehead atoms. The smallest absolute Gasteiger partial charge is 0.246 e. The fraction of sp³-hybridized carbons (Fsp3) is 0.593. The van der Waals surface area contributed by atoms with Crippen LogP contribution in [0.5, 0.6) is 0 Å². The number of carbonyl (C=O) groups is 8. The fourth-order valence-corrected chi connectivity index (χ4v) is 10.3. The molecule has 8 N–H and O–H groups in total. The number of aryl methyl sites for hydroxylation is 2. The summed E-state index contributed by atoms with van der Waals surface area (Å²) in [6.45, 7) is 14.3. The summed E-state index contributed by atoms with van der Waals surface area (Å²) in [5.74, 6) is -3.70.